The highest BCUT2D eigenvalue weighted by Crippen LogP contribution is 2.25. The van der Waals surface area contributed by atoms with Gasteiger partial charge in [0, 0.05) is 25.7 Å². The van der Waals surface area contributed by atoms with Crippen LogP contribution in [0.3, 0.4) is 0 Å². The zero-order valence-electron chi connectivity index (χ0n) is 19.8. The van der Waals surface area contributed by atoms with Crippen LogP contribution in [0.4, 0.5) is 0 Å². The molecule has 0 amide bonds. The predicted molar refractivity (Wildman–Crippen MR) is 123 cm³/mol. The standard InChI is InChI=1S/C22H31N3O11/c1-2-36-16-5-3-15(4-6-16)17(25(13-21(32)33)14-22(34)35)9-23(10-18(26)27)7-8-24(11-19(28)29)12-20(30)31/h3-6,17H,2,7-14H2,1H3,(H,26,27)(H,28,29)(H,30,31)(H,32,33)(H,34,35)/t17-/m1/s1. The summed E-state index contributed by atoms with van der Waals surface area (Å²) in [5, 5.41) is 46.2. The summed E-state index contributed by atoms with van der Waals surface area (Å²) in [7, 11) is 0. The zero-order chi connectivity index (χ0) is 27.3. The molecule has 0 spiro atoms. The molecule has 36 heavy (non-hydrogen) atoms. The maximum Gasteiger partial charge on any atom is 0.317 e. The molecule has 14 heteroatoms. The van der Waals surface area contributed by atoms with Crippen LogP contribution in [0.25, 0.3) is 0 Å². The molecular weight excluding hydrogens is 482 g/mol. The van der Waals surface area contributed by atoms with Crippen molar-refractivity contribution in [2.75, 3.05) is 59.0 Å². The lowest BCUT2D eigenvalue weighted by Crippen LogP contribution is -2.47. The minimum atomic E-state index is -1.29. The molecule has 1 aromatic rings. The van der Waals surface area contributed by atoms with E-state index in [9.17, 15) is 39.3 Å². The van der Waals surface area contributed by atoms with E-state index in [1.54, 1.807) is 31.2 Å². The monoisotopic (exact) mass is 513 g/mol. The van der Waals surface area contributed by atoms with E-state index in [1.807, 2.05) is 0 Å². The molecule has 0 radical (unpaired) electrons. The van der Waals surface area contributed by atoms with Gasteiger partial charge < -0.3 is 30.3 Å². The van der Waals surface area contributed by atoms with Crippen molar-refractivity contribution >= 4 is 29.8 Å². The molecule has 0 aliphatic carbocycles. The molecule has 0 saturated carbocycles. The summed E-state index contributed by atoms with van der Waals surface area (Å²) in [6.45, 7) is -1.11. The van der Waals surface area contributed by atoms with Gasteiger partial charge in [0.05, 0.1) is 39.3 Å². The van der Waals surface area contributed by atoms with Crippen molar-refractivity contribution in [3.05, 3.63) is 29.8 Å². The van der Waals surface area contributed by atoms with Gasteiger partial charge >= 0.3 is 29.8 Å². The van der Waals surface area contributed by atoms with Crippen molar-refractivity contribution < 1.29 is 54.2 Å². The van der Waals surface area contributed by atoms with E-state index in [0.717, 1.165) is 4.90 Å². The van der Waals surface area contributed by atoms with Crippen LogP contribution in [0.2, 0.25) is 0 Å². The normalized spacial score (nSPS) is 12.0. The fourth-order valence-corrected chi connectivity index (χ4v) is 3.56. The van der Waals surface area contributed by atoms with Gasteiger partial charge in [-0.05, 0) is 24.6 Å². The summed E-state index contributed by atoms with van der Waals surface area (Å²) in [6.07, 6.45) is 0. The van der Waals surface area contributed by atoms with Gasteiger partial charge in [-0.1, -0.05) is 12.1 Å². The van der Waals surface area contributed by atoms with Crippen LogP contribution in [0.15, 0.2) is 24.3 Å². The first-order valence-electron chi connectivity index (χ1n) is 10.9. The van der Waals surface area contributed by atoms with E-state index in [0.29, 0.717) is 17.9 Å². The van der Waals surface area contributed by atoms with Gasteiger partial charge in [-0.25, -0.2) is 0 Å². The molecular formula is C22H31N3O11. The molecule has 0 aliphatic heterocycles. The van der Waals surface area contributed by atoms with E-state index >= 15 is 0 Å². The molecule has 0 aliphatic rings. The average Bonchev–Trinajstić information content (AvgIpc) is 2.74. The highest BCUT2D eigenvalue weighted by Gasteiger charge is 2.28. The van der Waals surface area contributed by atoms with Gasteiger partial charge in [-0.15, -0.1) is 0 Å². The Morgan fingerprint density at radius 1 is 0.694 bits per heavy atom. The highest BCUT2D eigenvalue weighted by molar-refractivity contribution is 5.73. The number of ether oxygens (including phenoxy) is 1. The van der Waals surface area contributed by atoms with E-state index in [2.05, 4.69) is 0 Å². The van der Waals surface area contributed by atoms with Gasteiger partial charge in [0.15, 0.2) is 0 Å². The fourth-order valence-electron chi connectivity index (χ4n) is 3.56. The molecule has 0 fully saturated rings. The Morgan fingerprint density at radius 3 is 1.53 bits per heavy atom. The van der Waals surface area contributed by atoms with Crippen LogP contribution in [-0.2, 0) is 24.0 Å². The summed E-state index contributed by atoms with van der Waals surface area (Å²) < 4.78 is 5.40. The van der Waals surface area contributed by atoms with E-state index in [1.165, 1.54) is 9.80 Å². The fraction of sp³-hybridized carbons (Fsp3) is 0.500. The predicted octanol–water partition coefficient (Wildman–Crippen LogP) is -0.545. The number of benzene rings is 1. The summed E-state index contributed by atoms with van der Waals surface area (Å²) in [6, 6.07) is 5.60. The van der Waals surface area contributed by atoms with Crippen molar-refractivity contribution in [1.29, 1.82) is 0 Å². The Kier molecular flexibility index (Phi) is 12.9. The van der Waals surface area contributed by atoms with Crippen LogP contribution >= 0.6 is 0 Å². The first-order valence-corrected chi connectivity index (χ1v) is 10.9. The Balaban J connectivity index is 3.28. The quantitative estimate of drug-likeness (QED) is 0.157. The van der Waals surface area contributed by atoms with Gasteiger partial charge in [0.1, 0.15) is 5.75 Å². The van der Waals surface area contributed by atoms with Crippen LogP contribution in [-0.4, -0.2) is 129 Å². The Morgan fingerprint density at radius 2 is 1.11 bits per heavy atom. The molecule has 0 bridgehead atoms. The van der Waals surface area contributed by atoms with Crippen molar-refractivity contribution in [3.8, 4) is 5.75 Å². The second-order valence-electron chi connectivity index (χ2n) is 7.84. The van der Waals surface area contributed by atoms with Crippen molar-refractivity contribution in [1.82, 2.24) is 14.7 Å². The van der Waals surface area contributed by atoms with Gasteiger partial charge in [-0.3, -0.25) is 38.7 Å². The number of hydrogen-bond acceptors (Lipinski definition) is 9. The minimum Gasteiger partial charge on any atom is -0.494 e. The molecule has 5 N–H and O–H groups in total. The molecule has 0 saturated heterocycles. The summed E-state index contributed by atoms with van der Waals surface area (Å²) in [5.41, 5.74) is 0.504. The zero-order valence-corrected chi connectivity index (χ0v) is 19.8. The van der Waals surface area contributed by atoms with E-state index in [4.69, 9.17) is 14.9 Å². The number of rotatable bonds is 19. The summed E-state index contributed by atoms with van der Waals surface area (Å²) in [5.74, 6) is -5.79. The van der Waals surface area contributed by atoms with E-state index in [-0.39, 0.29) is 19.6 Å². The largest absolute Gasteiger partial charge is 0.494 e. The number of nitrogens with zero attached hydrogens (tertiary/aromatic N) is 3. The third kappa shape index (κ3) is 12.1. The minimum absolute atomic E-state index is 0.0750. The lowest BCUT2D eigenvalue weighted by molar-refractivity contribution is -0.144. The van der Waals surface area contributed by atoms with Crippen LogP contribution in [0.5, 0.6) is 5.75 Å². The second-order valence-corrected chi connectivity index (χ2v) is 7.84. The first kappa shape index (κ1) is 30.3. The third-order valence-corrected chi connectivity index (χ3v) is 4.93. The van der Waals surface area contributed by atoms with Gasteiger partial charge in [0.2, 0.25) is 0 Å². The third-order valence-electron chi connectivity index (χ3n) is 4.93. The lowest BCUT2D eigenvalue weighted by Gasteiger charge is -2.34. The topological polar surface area (TPSA) is 205 Å². The van der Waals surface area contributed by atoms with Crippen LogP contribution < -0.4 is 4.74 Å². The number of carboxylic acid groups (broad SMARTS) is 5. The number of carbonyl (C=O) groups is 5. The van der Waals surface area contributed by atoms with Crippen molar-refractivity contribution in [2.45, 2.75) is 13.0 Å². The van der Waals surface area contributed by atoms with Gasteiger partial charge in [-0.2, -0.15) is 0 Å². The number of carboxylic acids is 5. The van der Waals surface area contributed by atoms with Crippen molar-refractivity contribution in [2.24, 2.45) is 0 Å². The second kappa shape index (κ2) is 15.3. The van der Waals surface area contributed by atoms with Gasteiger partial charge in [0.25, 0.3) is 0 Å². The van der Waals surface area contributed by atoms with Crippen molar-refractivity contribution in [3.63, 3.8) is 0 Å². The molecule has 0 aromatic heterocycles. The molecule has 200 valence electrons. The van der Waals surface area contributed by atoms with Crippen LogP contribution in [0.1, 0.15) is 18.5 Å². The lowest BCUT2D eigenvalue weighted by atomic mass is 10.0. The Bertz CT molecular complexity index is 875. The van der Waals surface area contributed by atoms with E-state index < -0.39 is 68.6 Å². The molecule has 0 unspecified atom stereocenters. The number of hydrogen-bond donors (Lipinski definition) is 5. The van der Waals surface area contributed by atoms with Crippen LogP contribution in [0, 0.1) is 0 Å². The summed E-state index contributed by atoms with van der Waals surface area (Å²) >= 11 is 0. The Hall–Kier alpha value is -3.75. The Labute approximate surface area is 206 Å². The molecule has 14 nitrogen and oxygen atoms in total. The molecule has 1 atom stereocenters. The maximum absolute atomic E-state index is 11.5. The average molecular weight is 514 g/mol. The maximum atomic E-state index is 11.5. The number of aliphatic carboxylic acids is 5. The summed E-state index contributed by atoms with van der Waals surface area (Å²) in [4.78, 5) is 60.2. The molecule has 1 rings (SSSR count). The molecule has 1 aromatic carbocycles. The highest BCUT2D eigenvalue weighted by atomic mass is 16.5. The SMILES string of the molecule is CCOc1ccc([C@@H](CN(CCN(CC(=O)O)CC(=O)O)CC(=O)O)N(CC(=O)O)CC(=O)O)cc1. The first-order chi connectivity index (χ1) is 16.9. The molecule has 0 heterocycles. The smallest absolute Gasteiger partial charge is 0.317 e.